The summed E-state index contributed by atoms with van der Waals surface area (Å²) >= 11 is 0. The molecule has 2 aromatic rings. The highest BCUT2D eigenvalue weighted by molar-refractivity contribution is 5.78. The number of pyridine rings is 1. The standard InChI is InChI=1S/C17H24N2/c1-3-11-18-16(4-2)10-9-14-12-15-7-5-6-8-17(15)19-13-14/h5-8,12-13,16,18H,3-4,9-11H2,1-2H3. The third kappa shape index (κ3) is 4.03. The molecule has 0 bridgehead atoms. The Labute approximate surface area is 116 Å². The summed E-state index contributed by atoms with van der Waals surface area (Å²) in [5, 5.41) is 4.85. The first-order valence-electron chi connectivity index (χ1n) is 7.40. The van der Waals surface area contributed by atoms with Crippen LogP contribution in [0.2, 0.25) is 0 Å². The zero-order valence-corrected chi connectivity index (χ0v) is 12.0. The van der Waals surface area contributed by atoms with E-state index in [1.807, 2.05) is 12.3 Å². The molecule has 0 fully saturated rings. The second kappa shape index (κ2) is 7.25. The Morgan fingerprint density at radius 3 is 2.84 bits per heavy atom. The summed E-state index contributed by atoms with van der Waals surface area (Å²) < 4.78 is 0. The van der Waals surface area contributed by atoms with E-state index in [4.69, 9.17) is 0 Å². The number of nitrogens with zero attached hydrogens (tertiary/aromatic N) is 1. The molecule has 2 heteroatoms. The molecule has 1 N–H and O–H groups in total. The van der Waals surface area contributed by atoms with Crippen LogP contribution >= 0.6 is 0 Å². The van der Waals surface area contributed by atoms with Gasteiger partial charge in [-0.1, -0.05) is 32.0 Å². The van der Waals surface area contributed by atoms with E-state index in [2.05, 4.69) is 48.4 Å². The second-order valence-electron chi connectivity index (χ2n) is 5.13. The van der Waals surface area contributed by atoms with E-state index in [-0.39, 0.29) is 0 Å². The molecule has 1 heterocycles. The minimum absolute atomic E-state index is 0.631. The molecule has 19 heavy (non-hydrogen) atoms. The quantitative estimate of drug-likeness (QED) is 0.811. The lowest BCUT2D eigenvalue weighted by Gasteiger charge is -2.16. The molecule has 1 aromatic carbocycles. The van der Waals surface area contributed by atoms with Crippen LogP contribution in [0.3, 0.4) is 0 Å². The number of rotatable bonds is 7. The van der Waals surface area contributed by atoms with Crippen molar-refractivity contribution >= 4 is 10.9 Å². The van der Waals surface area contributed by atoms with E-state index in [1.165, 1.54) is 30.2 Å². The SMILES string of the molecule is CCCNC(CC)CCc1cnc2ccccc2c1. The highest BCUT2D eigenvalue weighted by Gasteiger charge is 2.05. The maximum absolute atomic E-state index is 4.53. The zero-order chi connectivity index (χ0) is 13.5. The normalized spacial score (nSPS) is 12.7. The molecule has 0 saturated heterocycles. The largest absolute Gasteiger partial charge is 0.314 e. The molecule has 2 nitrogen and oxygen atoms in total. The molecule has 1 unspecified atom stereocenters. The predicted octanol–water partition coefficient (Wildman–Crippen LogP) is 3.95. The van der Waals surface area contributed by atoms with Gasteiger partial charge in [0.1, 0.15) is 0 Å². The molecule has 0 saturated carbocycles. The number of benzene rings is 1. The van der Waals surface area contributed by atoms with Crippen LogP contribution < -0.4 is 5.32 Å². The summed E-state index contributed by atoms with van der Waals surface area (Å²) in [4.78, 5) is 4.53. The van der Waals surface area contributed by atoms with Crippen molar-refractivity contribution in [2.24, 2.45) is 0 Å². The number of aryl methyl sites for hydroxylation is 1. The molecule has 0 aliphatic heterocycles. The zero-order valence-electron chi connectivity index (χ0n) is 12.0. The molecule has 0 spiro atoms. The molecule has 2 rings (SSSR count). The van der Waals surface area contributed by atoms with Crippen LogP contribution in [0.5, 0.6) is 0 Å². The molecule has 102 valence electrons. The average molecular weight is 256 g/mol. The number of hydrogen-bond donors (Lipinski definition) is 1. The Morgan fingerprint density at radius 1 is 1.21 bits per heavy atom. The fraction of sp³-hybridized carbons (Fsp3) is 0.471. The molecule has 0 radical (unpaired) electrons. The Kier molecular flexibility index (Phi) is 5.34. The van der Waals surface area contributed by atoms with Crippen LogP contribution in [0.25, 0.3) is 10.9 Å². The number of hydrogen-bond acceptors (Lipinski definition) is 2. The van der Waals surface area contributed by atoms with E-state index in [0.717, 1.165) is 18.5 Å². The van der Waals surface area contributed by atoms with Gasteiger partial charge in [-0.25, -0.2) is 0 Å². The van der Waals surface area contributed by atoms with Crippen LogP contribution in [0.4, 0.5) is 0 Å². The van der Waals surface area contributed by atoms with Crippen molar-refractivity contribution in [1.29, 1.82) is 0 Å². The average Bonchev–Trinajstić information content (AvgIpc) is 2.47. The highest BCUT2D eigenvalue weighted by atomic mass is 14.9. The third-order valence-corrected chi connectivity index (χ3v) is 3.60. The Balaban J connectivity index is 1.96. The van der Waals surface area contributed by atoms with Gasteiger partial charge in [-0.3, -0.25) is 4.98 Å². The topological polar surface area (TPSA) is 24.9 Å². The van der Waals surface area contributed by atoms with Gasteiger partial charge in [0.25, 0.3) is 0 Å². The molecule has 0 amide bonds. The first kappa shape index (κ1) is 14.0. The van der Waals surface area contributed by atoms with Crippen LogP contribution in [0.1, 0.15) is 38.7 Å². The lowest BCUT2D eigenvalue weighted by molar-refractivity contribution is 0.468. The van der Waals surface area contributed by atoms with Gasteiger partial charge < -0.3 is 5.32 Å². The lowest BCUT2D eigenvalue weighted by atomic mass is 10.0. The van der Waals surface area contributed by atoms with E-state index < -0.39 is 0 Å². The van der Waals surface area contributed by atoms with E-state index >= 15 is 0 Å². The third-order valence-electron chi connectivity index (χ3n) is 3.60. The summed E-state index contributed by atoms with van der Waals surface area (Å²) in [6, 6.07) is 11.2. The Morgan fingerprint density at radius 2 is 2.05 bits per heavy atom. The molecular weight excluding hydrogens is 232 g/mol. The van der Waals surface area contributed by atoms with Crippen molar-refractivity contribution in [2.75, 3.05) is 6.54 Å². The summed E-state index contributed by atoms with van der Waals surface area (Å²) in [7, 11) is 0. The van der Waals surface area contributed by atoms with Gasteiger partial charge in [0, 0.05) is 17.6 Å². The number of fused-ring (bicyclic) bond motifs is 1. The number of para-hydroxylation sites is 1. The van der Waals surface area contributed by atoms with Crippen molar-refractivity contribution in [3.05, 3.63) is 42.1 Å². The van der Waals surface area contributed by atoms with Crippen LogP contribution in [-0.4, -0.2) is 17.6 Å². The number of nitrogens with one attached hydrogen (secondary N) is 1. The van der Waals surface area contributed by atoms with Crippen LogP contribution in [0.15, 0.2) is 36.5 Å². The summed E-state index contributed by atoms with van der Waals surface area (Å²) in [5.41, 5.74) is 2.43. The van der Waals surface area contributed by atoms with Gasteiger partial charge in [-0.05, 0) is 49.9 Å². The van der Waals surface area contributed by atoms with Crippen LogP contribution in [0, 0.1) is 0 Å². The van der Waals surface area contributed by atoms with Crippen molar-refractivity contribution in [1.82, 2.24) is 10.3 Å². The van der Waals surface area contributed by atoms with Crippen molar-refractivity contribution in [3.8, 4) is 0 Å². The first-order valence-corrected chi connectivity index (χ1v) is 7.40. The smallest absolute Gasteiger partial charge is 0.0702 e. The molecule has 1 aromatic heterocycles. The lowest BCUT2D eigenvalue weighted by Crippen LogP contribution is -2.29. The minimum Gasteiger partial charge on any atom is -0.314 e. The van der Waals surface area contributed by atoms with Gasteiger partial charge in [-0.2, -0.15) is 0 Å². The Bertz CT molecular complexity index is 507. The van der Waals surface area contributed by atoms with Gasteiger partial charge in [-0.15, -0.1) is 0 Å². The summed E-state index contributed by atoms with van der Waals surface area (Å²) in [5.74, 6) is 0. The molecule has 0 aliphatic rings. The van der Waals surface area contributed by atoms with E-state index in [1.54, 1.807) is 0 Å². The first-order chi connectivity index (χ1) is 9.33. The maximum Gasteiger partial charge on any atom is 0.0702 e. The highest BCUT2D eigenvalue weighted by Crippen LogP contribution is 2.14. The monoisotopic (exact) mass is 256 g/mol. The van der Waals surface area contributed by atoms with Gasteiger partial charge in [0.2, 0.25) is 0 Å². The molecule has 1 atom stereocenters. The van der Waals surface area contributed by atoms with Crippen molar-refractivity contribution in [2.45, 2.75) is 45.6 Å². The van der Waals surface area contributed by atoms with E-state index in [9.17, 15) is 0 Å². The van der Waals surface area contributed by atoms with Gasteiger partial charge >= 0.3 is 0 Å². The maximum atomic E-state index is 4.53. The van der Waals surface area contributed by atoms with Gasteiger partial charge in [0.05, 0.1) is 5.52 Å². The molecule has 0 aliphatic carbocycles. The number of aromatic nitrogens is 1. The summed E-state index contributed by atoms with van der Waals surface area (Å²) in [6.45, 7) is 5.59. The fourth-order valence-corrected chi connectivity index (χ4v) is 2.39. The van der Waals surface area contributed by atoms with E-state index in [0.29, 0.717) is 6.04 Å². The van der Waals surface area contributed by atoms with Crippen LogP contribution in [-0.2, 0) is 6.42 Å². The van der Waals surface area contributed by atoms with Crippen molar-refractivity contribution in [3.63, 3.8) is 0 Å². The second-order valence-corrected chi connectivity index (χ2v) is 5.13. The summed E-state index contributed by atoms with van der Waals surface area (Å²) in [6.07, 6.45) is 6.72. The molecular formula is C17H24N2. The Hall–Kier alpha value is -1.41. The van der Waals surface area contributed by atoms with Gasteiger partial charge in [0.15, 0.2) is 0 Å². The fourth-order valence-electron chi connectivity index (χ4n) is 2.39. The van der Waals surface area contributed by atoms with Crippen molar-refractivity contribution < 1.29 is 0 Å². The minimum atomic E-state index is 0.631. The predicted molar refractivity (Wildman–Crippen MR) is 82.4 cm³/mol.